The van der Waals surface area contributed by atoms with E-state index in [1.165, 1.54) is 5.56 Å². The normalized spacial score (nSPS) is 10.6. The van der Waals surface area contributed by atoms with Crippen LogP contribution in [0.15, 0.2) is 28.9 Å². The van der Waals surface area contributed by atoms with Crippen LogP contribution in [0, 0.1) is 6.92 Å². The fourth-order valence-electron chi connectivity index (χ4n) is 1.56. The second-order valence-corrected chi connectivity index (χ2v) is 5.06. The van der Waals surface area contributed by atoms with Gasteiger partial charge in [-0.05, 0) is 24.6 Å². The number of halogens is 2. The molecule has 2 rings (SSSR count). The highest BCUT2D eigenvalue weighted by molar-refractivity contribution is 9.10. The first-order valence-electron chi connectivity index (χ1n) is 5.24. The SMILES string of the molecule is Cc1c(Br)cccc1NCc1ncc(Cl)n1C. The highest BCUT2D eigenvalue weighted by Gasteiger charge is 2.05. The third-order valence-electron chi connectivity index (χ3n) is 2.73. The van der Waals surface area contributed by atoms with Crippen LogP contribution < -0.4 is 5.32 Å². The summed E-state index contributed by atoms with van der Waals surface area (Å²) < 4.78 is 2.96. The molecule has 0 aliphatic heterocycles. The summed E-state index contributed by atoms with van der Waals surface area (Å²) in [5.41, 5.74) is 2.28. The van der Waals surface area contributed by atoms with Crippen molar-refractivity contribution in [2.24, 2.45) is 7.05 Å². The summed E-state index contributed by atoms with van der Waals surface area (Å²) in [4.78, 5) is 4.24. The molecule has 1 aromatic heterocycles. The number of rotatable bonds is 3. The van der Waals surface area contributed by atoms with Crippen LogP contribution in [0.3, 0.4) is 0 Å². The van der Waals surface area contributed by atoms with E-state index in [-0.39, 0.29) is 0 Å². The van der Waals surface area contributed by atoms with E-state index in [2.05, 4.69) is 33.2 Å². The van der Waals surface area contributed by atoms with Crippen molar-refractivity contribution >= 4 is 33.2 Å². The Morgan fingerprint density at radius 2 is 2.24 bits per heavy atom. The Labute approximate surface area is 114 Å². The lowest BCUT2D eigenvalue weighted by Gasteiger charge is -2.10. The number of benzene rings is 1. The maximum Gasteiger partial charge on any atom is 0.128 e. The molecule has 0 saturated heterocycles. The molecule has 0 spiro atoms. The zero-order chi connectivity index (χ0) is 12.4. The van der Waals surface area contributed by atoms with E-state index in [0.29, 0.717) is 11.7 Å². The van der Waals surface area contributed by atoms with Gasteiger partial charge in [0.15, 0.2) is 0 Å². The minimum absolute atomic E-state index is 0.646. The molecule has 0 saturated carbocycles. The molecule has 0 aliphatic rings. The number of imidazole rings is 1. The van der Waals surface area contributed by atoms with E-state index in [0.717, 1.165) is 16.0 Å². The lowest BCUT2D eigenvalue weighted by Crippen LogP contribution is -2.07. The summed E-state index contributed by atoms with van der Waals surface area (Å²) >= 11 is 9.44. The second kappa shape index (κ2) is 5.10. The summed E-state index contributed by atoms with van der Waals surface area (Å²) in [7, 11) is 1.90. The van der Waals surface area contributed by atoms with Gasteiger partial charge in [0.2, 0.25) is 0 Å². The van der Waals surface area contributed by atoms with E-state index in [1.807, 2.05) is 29.8 Å². The van der Waals surface area contributed by atoms with Crippen LogP contribution in [-0.4, -0.2) is 9.55 Å². The largest absolute Gasteiger partial charge is 0.378 e. The number of hydrogen-bond acceptors (Lipinski definition) is 2. The molecule has 0 amide bonds. The fraction of sp³-hybridized carbons (Fsp3) is 0.250. The molecule has 0 unspecified atom stereocenters. The molecule has 17 heavy (non-hydrogen) atoms. The van der Waals surface area contributed by atoms with Crippen molar-refractivity contribution in [2.45, 2.75) is 13.5 Å². The summed E-state index contributed by atoms with van der Waals surface area (Å²) in [6.45, 7) is 2.72. The smallest absolute Gasteiger partial charge is 0.128 e. The predicted molar refractivity (Wildman–Crippen MR) is 74.4 cm³/mol. The third kappa shape index (κ3) is 2.64. The van der Waals surface area contributed by atoms with Crippen LogP contribution in [0.2, 0.25) is 5.15 Å². The van der Waals surface area contributed by atoms with Crippen LogP contribution in [0.25, 0.3) is 0 Å². The average Bonchev–Trinajstić information content (AvgIpc) is 2.62. The van der Waals surface area contributed by atoms with Gasteiger partial charge in [-0.3, -0.25) is 0 Å². The minimum Gasteiger partial charge on any atom is -0.378 e. The second-order valence-electron chi connectivity index (χ2n) is 3.82. The average molecular weight is 315 g/mol. The topological polar surface area (TPSA) is 29.9 Å². The van der Waals surface area contributed by atoms with Crippen LogP contribution in [0.1, 0.15) is 11.4 Å². The summed E-state index contributed by atoms with van der Waals surface area (Å²) in [5.74, 6) is 0.911. The van der Waals surface area contributed by atoms with Gasteiger partial charge in [-0.1, -0.05) is 33.6 Å². The van der Waals surface area contributed by atoms with E-state index in [9.17, 15) is 0 Å². The van der Waals surface area contributed by atoms with Crippen molar-refractivity contribution in [3.8, 4) is 0 Å². The number of hydrogen-bond donors (Lipinski definition) is 1. The van der Waals surface area contributed by atoms with Crippen molar-refractivity contribution < 1.29 is 0 Å². The lowest BCUT2D eigenvalue weighted by molar-refractivity contribution is 0.813. The summed E-state index contributed by atoms with van der Waals surface area (Å²) in [5, 5.41) is 4.00. The zero-order valence-corrected chi connectivity index (χ0v) is 12.0. The van der Waals surface area contributed by atoms with Gasteiger partial charge in [-0.2, -0.15) is 0 Å². The molecule has 1 N–H and O–H groups in total. The third-order valence-corrected chi connectivity index (χ3v) is 3.94. The molecular formula is C12H13BrClN3. The molecule has 0 bridgehead atoms. The number of nitrogens with zero attached hydrogens (tertiary/aromatic N) is 2. The summed E-state index contributed by atoms with van der Waals surface area (Å²) in [6, 6.07) is 6.08. The van der Waals surface area contributed by atoms with Crippen molar-refractivity contribution in [3.63, 3.8) is 0 Å². The monoisotopic (exact) mass is 313 g/mol. The van der Waals surface area contributed by atoms with Gasteiger partial charge in [0.05, 0.1) is 12.7 Å². The number of aromatic nitrogens is 2. The molecule has 0 aliphatic carbocycles. The van der Waals surface area contributed by atoms with E-state index in [1.54, 1.807) is 6.20 Å². The Hall–Kier alpha value is -1.00. The molecule has 1 aromatic carbocycles. The molecule has 5 heteroatoms. The van der Waals surface area contributed by atoms with Crippen LogP contribution >= 0.6 is 27.5 Å². The van der Waals surface area contributed by atoms with Crippen LogP contribution in [-0.2, 0) is 13.6 Å². The molecular weight excluding hydrogens is 302 g/mol. The Bertz CT molecular complexity index is 537. The van der Waals surface area contributed by atoms with Gasteiger partial charge in [0.25, 0.3) is 0 Å². The Kier molecular flexibility index (Phi) is 3.74. The first-order chi connectivity index (χ1) is 8.09. The van der Waals surface area contributed by atoms with Crippen molar-refractivity contribution in [3.05, 3.63) is 45.4 Å². The van der Waals surface area contributed by atoms with Crippen molar-refractivity contribution in [2.75, 3.05) is 5.32 Å². The van der Waals surface area contributed by atoms with Gasteiger partial charge in [-0.25, -0.2) is 4.98 Å². The number of nitrogens with one attached hydrogen (secondary N) is 1. The van der Waals surface area contributed by atoms with Crippen LogP contribution in [0.5, 0.6) is 0 Å². The number of anilines is 1. The maximum absolute atomic E-state index is 5.93. The molecule has 0 atom stereocenters. The van der Waals surface area contributed by atoms with Gasteiger partial charge in [-0.15, -0.1) is 0 Å². The van der Waals surface area contributed by atoms with Gasteiger partial charge in [0.1, 0.15) is 11.0 Å². The first kappa shape index (κ1) is 12.5. The Morgan fingerprint density at radius 1 is 1.47 bits per heavy atom. The Morgan fingerprint density at radius 3 is 2.88 bits per heavy atom. The van der Waals surface area contributed by atoms with Gasteiger partial charge >= 0.3 is 0 Å². The highest BCUT2D eigenvalue weighted by Crippen LogP contribution is 2.23. The minimum atomic E-state index is 0.646. The molecule has 2 aromatic rings. The van der Waals surface area contributed by atoms with E-state index < -0.39 is 0 Å². The Balaban J connectivity index is 2.13. The van der Waals surface area contributed by atoms with E-state index in [4.69, 9.17) is 11.6 Å². The van der Waals surface area contributed by atoms with Crippen molar-refractivity contribution in [1.29, 1.82) is 0 Å². The molecule has 3 nitrogen and oxygen atoms in total. The molecule has 0 radical (unpaired) electrons. The highest BCUT2D eigenvalue weighted by atomic mass is 79.9. The molecule has 1 heterocycles. The fourth-order valence-corrected chi connectivity index (χ4v) is 2.07. The predicted octanol–water partition coefficient (Wildman–Crippen LogP) is 3.76. The standard InChI is InChI=1S/C12H13BrClN3/c1-8-9(13)4-3-5-10(8)15-7-12-16-6-11(14)17(12)2/h3-6,15H,7H2,1-2H3. The van der Waals surface area contributed by atoms with Crippen LogP contribution in [0.4, 0.5) is 5.69 Å². The summed E-state index contributed by atoms with van der Waals surface area (Å²) in [6.07, 6.45) is 1.66. The van der Waals surface area contributed by atoms with Gasteiger partial charge in [0, 0.05) is 17.2 Å². The van der Waals surface area contributed by atoms with Crippen molar-refractivity contribution in [1.82, 2.24) is 9.55 Å². The maximum atomic E-state index is 5.93. The lowest BCUT2D eigenvalue weighted by atomic mass is 10.2. The van der Waals surface area contributed by atoms with E-state index >= 15 is 0 Å². The molecule has 0 fully saturated rings. The van der Waals surface area contributed by atoms with Gasteiger partial charge < -0.3 is 9.88 Å². The zero-order valence-electron chi connectivity index (χ0n) is 9.67. The molecule has 90 valence electrons. The quantitative estimate of drug-likeness (QED) is 0.935. The first-order valence-corrected chi connectivity index (χ1v) is 6.41.